The van der Waals surface area contributed by atoms with Gasteiger partial charge in [0.2, 0.25) is 0 Å². The van der Waals surface area contributed by atoms with Gasteiger partial charge in [-0.15, -0.1) is 0 Å². The van der Waals surface area contributed by atoms with E-state index in [0.29, 0.717) is 17.7 Å². The Morgan fingerprint density at radius 1 is 0.833 bits per heavy atom. The first-order valence-corrected chi connectivity index (χ1v) is 11.2. The van der Waals surface area contributed by atoms with Crippen molar-refractivity contribution in [2.24, 2.45) is 0 Å². The molecule has 1 rings (SSSR count). The lowest BCUT2D eigenvalue weighted by Gasteiger charge is -2.11. The van der Waals surface area contributed by atoms with E-state index in [9.17, 15) is 13.5 Å². The monoisotopic (exact) mass is 354 g/mol. The van der Waals surface area contributed by atoms with Gasteiger partial charge < -0.3 is 5.11 Å². The molecule has 0 aliphatic heterocycles. The van der Waals surface area contributed by atoms with Crippen LogP contribution >= 0.6 is 0 Å². The van der Waals surface area contributed by atoms with Gasteiger partial charge in [-0.2, -0.15) is 0 Å². The van der Waals surface area contributed by atoms with Crippen LogP contribution in [0.25, 0.3) is 0 Å². The van der Waals surface area contributed by atoms with Crippen LogP contribution < -0.4 is 0 Å². The Hall–Kier alpha value is -0.870. The van der Waals surface area contributed by atoms with Crippen molar-refractivity contribution in [3.8, 4) is 0 Å². The lowest BCUT2D eigenvalue weighted by Crippen LogP contribution is -2.15. The average Bonchev–Trinajstić information content (AvgIpc) is 2.59. The van der Waals surface area contributed by atoms with Crippen molar-refractivity contribution in [3.05, 3.63) is 30.3 Å². The van der Waals surface area contributed by atoms with E-state index in [1.54, 1.807) is 30.3 Å². The molecule has 0 saturated heterocycles. The Morgan fingerprint density at radius 2 is 1.38 bits per heavy atom. The van der Waals surface area contributed by atoms with Gasteiger partial charge in [0.15, 0.2) is 9.84 Å². The smallest absolute Gasteiger partial charge is 0.178 e. The molecule has 4 heteroatoms. The summed E-state index contributed by atoms with van der Waals surface area (Å²) in [6.07, 6.45) is 11.8. The quantitative estimate of drug-likeness (QED) is 0.471. The molecule has 0 amide bonds. The lowest BCUT2D eigenvalue weighted by molar-refractivity contribution is 0.157. The minimum absolute atomic E-state index is 0.0234. The molecule has 1 atom stereocenters. The summed E-state index contributed by atoms with van der Waals surface area (Å²) in [5.74, 6) is 0.0234. The van der Waals surface area contributed by atoms with Crippen molar-refractivity contribution in [3.63, 3.8) is 0 Å². The van der Waals surface area contributed by atoms with Crippen LogP contribution in [0.1, 0.15) is 77.6 Å². The van der Waals surface area contributed by atoms with E-state index < -0.39 is 15.9 Å². The van der Waals surface area contributed by atoms with Crippen molar-refractivity contribution < 1.29 is 13.5 Å². The Morgan fingerprint density at radius 3 is 1.96 bits per heavy atom. The van der Waals surface area contributed by atoms with E-state index in [0.717, 1.165) is 12.8 Å². The summed E-state index contributed by atoms with van der Waals surface area (Å²) in [6.45, 7) is 2.23. The topological polar surface area (TPSA) is 54.4 Å². The predicted molar refractivity (Wildman–Crippen MR) is 101 cm³/mol. The molecule has 1 N–H and O–H groups in total. The first-order chi connectivity index (χ1) is 11.6. The normalized spacial score (nSPS) is 13.1. The van der Waals surface area contributed by atoms with Gasteiger partial charge >= 0.3 is 0 Å². The highest BCUT2D eigenvalue weighted by Gasteiger charge is 2.16. The molecule has 0 aromatic heterocycles. The second-order valence-corrected chi connectivity index (χ2v) is 8.80. The fraction of sp³-hybridized carbons (Fsp3) is 0.700. The number of rotatable bonds is 14. The van der Waals surface area contributed by atoms with Gasteiger partial charge in [0.05, 0.1) is 16.8 Å². The third kappa shape index (κ3) is 9.43. The minimum Gasteiger partial charge on any atom is -0.393 e. The fourth-order valence-corrected chi connectivity index (χ4v) is 4.26. The summed E-state index contributed by atoms with van der Waals surface area (Å²) in [4.78, 5) is 0.347. The molecule has 0 fully saturated rings. The first-order valence-electron chi connectivity index (χ1n) is 9.52. The maximum absolute atomic E-state index is 12.1. The van der Waals surface area contributed by atoms with Crippen LogP contribution in [0.4, 0.5) is 0 Å². The van der Waals surface area contributed by atoms with Crippen molar-refractivity contribution in [2.75, 3.05) is 5.75 Å². The van der Waals surface area contributed by atoms with Gasteiger partial charge in [0.1, 0.15) is 0 Å². The Labute approximate surface area is 148 Å². The van der Waals surface area contributed by atoms with Gasteiger partial charge in [0, 0.05) is 0 Å². The molecule has 1 aromatic carbocycles. The lowest BCUT2D eigenvalue weighted by atomic mass is 10.0. The molecule has 1 aromatic rings. The van der Waals surface area contributed by atoms with Gasteiger partial charge in [0.25, 0.3) is 0 Å². The standard InChI is InChI=1S/C20H34O3S/c1-2-3-4-5-6-7-8-9-11-14-19(21)17-18-24(22,23)20-15-12-10-13-16-20/h10,12-13,15-16,19,21H,2-9,11,14,17-18H2,1H3/t19-/m0/s1. The van der Waals surface area contributed by atoms with Crippen molar-refractivity contribution in [1.29, 1.82) is 0 Å². The molecular weight excluding hydrogens is 320 g/mol. The van der Waals surface area contributed by atoms with E-state index in [2.05, 4.69) is 6.92 Å². The molecule has 0 radical (unpaired) electrons. The van der Waals surface area contributed by atoms with Crippen LogP contribution in [0.3, 0.4) is 0 Å². The second-order valence-electron chi connectivity index (χ2n) is 6.69. The largest absolute Gasteiger partial charge is 0.393 e. The highest BCUT2D eigenvalue weighted by Crippen LogP contribution is 2.15. The predicted octanol–water partition coefficient (Wildman–Crippen LogP) is 5.13. The third-order valence-corrected chi connectivity index (χ3v) is 6.23. The number of aliphatic hydroxyl groups excluding tert-OH is 1. The summed E-state index contributed by atoms with van der Waals surface area (Å²) in [7, 11) is -3.27. The van der Waals surface area contributed by atoms with Gasteiger partial charge in [-0.3, -0.25) is 0 Å². The molecule has 0 bridgehead atoms. The number of benzene rings is 1. The molecule has 0 heterocycles. The van der Waals surface area contributed by atoms with Crippen molar-refractivity contribution >= 4 is 9.84 Å². The zero-order chi connectivity index (χ0) is 17.7. The molecule has 138 valence electrons. The van der Waals surface area contributed by atoms with Gasteiger partial charge in [-0.05, 0) is 25.0 Å². The number of sulfone groups is 1. The Balaban J connectivity index is 2.07. The fourth-order valence-electron chi connectivity index (χ4n) is 2.87. The molecule has 3 nitrogen and oxygen atoms in total. The van der Waals surface area contributed by atoms with Crippen LogP contribution in [0.5, 0.6) is 0 Å². The van der Waals surface area contributed by atoms with Gasteiger partial charge in [-0.25, -0.2) is 8.42 Å². The van der Waals surface area contributed by atoms with Crippen LogP contribution in [-0.2, 0) is 9.84 Å². The highest BCUT2D eigenvalue weighted by atomic mass is 32.2. The summed E-state index contributed by atoms with van der Waals surface area (Å²) in [5, 5.41) is 9.99. The van der Waals surface area contributed by atoms with Crippen LogP contribution in [0.15, 0.2) is 35.2 Å². The highest BCUT2D eigenvalue weighted by molar-refractivity contribution is 7.91. The maximum Gasteiger partial charge on any atom is 0.178 e. The summed E-state index contributed by atoms with van der Waals surface area (Å²) < 4.78 is 24.3. The summed E-state index contributed by atoms with van der Waals surface area (Å²) in [5.41, 5.74) is 0. The number of aliphatic hydroxyl groups is 1. The third-order valence-electron chi connectivity index (χ3n) is 4.46. The van der Waals surface area contributed by atoms with E-state index >= 15 is 0 Å². The van der Waals surface area contributed by atoms with E-state index in [1.807, 2.05) is 0 Å². The SMILES string of the molecule is CCCCCCCCCCC[C@H](O)CCS(=O)(=O)c1ccccc1. The van der Waals surface area contributed by atoms with Crippen LogP contribution in [-0.4, -0.2) is 25.4 Å². The summed E-state index contributed by atoms with van der Waals surface area (Å²) in [6, 6.07) is 8.49. The number of hydrogen-bond acceptors (Lipinski definition) is 3. The van der Waals surface area contributed by atoms with Crippen molar-refractivity contribution in [2.45, 2.75) is 88.6 Å². The number of unbranched alkanes of at least 4 members (excludes halogenated alkanes) is 8. The zero-order valence-electron chi connectivity index (χ0n) is 15.1. The van der Waals surface area contributed by atoms with E-state index in [4.69, 9.17) is 0 Å². The maximum atomic E-state index is 12.1. The van der Waals surface area contributed by atoms with E-state index in [1.165, 1.54) is 44.9 Å². The molecule has 24 heavy (non-hydrogen) atoms. The molecule has 0 spiro atoms. The molecule has 0 unspecified atom stereocenters. The van der Waals surface area contributed by atoms with Crippen LogP contribution in [0, 0.1) is 0 Å². The van der Waals surface area contributed by atoms with Crippen molar-refractivity contribution in [1.82, 2.24) is 0 Å². The first kappa shape index (κ1) is 21.2. The second kappa shape index (κ2) is 12.5. The summed E-state index contributed by atoms with van der Waals surface area (Å²) >= 11 is 0. The Bertz CT molecular complexity index is 511. The zero-order valence-corrected chi connectivity index (χ0v) is 15.9. The van der Waals surface area contributed by atoms with Gasteiger partial charge in [-0.1, -0.05) is 82.9 Å². The minimum atomic E-state index is -3.27. The molecular formula is C20H34O3S. The van der Waals surface area contributed by atoms with Crippen LogP contribution in [0.2, 0.25) is 0 Å². The van der Waals surface area contributed by atoms with E-state index in [-0.39, 0.29) is 5.75 Å². The number of hydrogen-bond donors (Lipinski definition) is 1. The molecule has 0 saturated carbocycles. The molecule has 0 aliphatic rings. The molecule has 0 aliphatic carbocycles. The Kier molecular flexibility index (Phi) is 11.0. The average molecular weight is 355 g/mol.